The fourth-order valence-corrected chi connectivity index (χ4v) is 2.63. The van der Waals surface area contributed by atoms with Gasteiger partial charge in [0, 0.05) is 13.2 Å². The molecule has 82 valence electrons. The molecule has 0 aromatic carbocycles. The zero-order valence-electron chi connectivity index (χ0n) is 8.89. The van der Waals surface area contributed by atoms with Crippen LogP contribution in [0.5, 0.6) is 0 Å². The Hall–Kier alpha value is -0.150. The van der Waals surface area contributed by atoms with E-state index >= 15 is 0 Å². The topological polar surface area (TPSA) is 35.2 Å². The van der Waals surface area contributed by atoms with E-state index in [2.05, 4.69) is 0 Å². The number of halogens is 1. The number of alkyl halides is 1. The molecule has 2 N–H and O–H groups in total. The molecule has 2 nitrogen and oxygen atoms in total. The molecule has 0 bridgehead atoms. The van der Waals surface area contributed by atoms with Crippen molar-refractivity contribution in [2.24, 2.45) is 11.7 Å². The Kier molecular flexibility index (Phi) is 2.56. The lowest BCUT2D eigenvalue weighted by Crippen LogP contribution is -2.51. The summed E-state index contributed by atoms with van der Waals surface area (Å²) in [5.41, 5.74) is 4.30. The summed E-state index contributed by atoms with van der Waals surface area (Å²) in [6, 6.07) is 0. The van der Waals surface area contributed by atoms with Gasteiger partial charge in [-0.1, -0.05) is 0 Å². The molecule has 0 aromatic rings. The van der Waals surface area contributed by atoms with Crippen LogP contribution in [0.15, 0.2) is 0 Å². The van der Waals surface area contributed by atoms with E-state index in [-0.39, 0.29) is 18.1 Å². The molecule has 2 atom stereocenters. The molecule has 3 heteroatoms. The normalized spacial score (nSPS) is 34.9. The van der Waals surface area contributed by atoms with E-state index in [1.165, 1.54) is 6.42 Å². The lowest BCUT2D eigenvalue weighted by Gasteiger charge is -2.49. The Morgan fingerprint density at radius 1 is 1.57 bits per heavy atom. The van der Waals surface area contributed by atoms with Gasteiger partial charge in [-0.25, -0.2) is 4.39 Å². The largest absolute Gasteiger partial charge is 0.375 e. The van der Waals surface area contributed by atoms with Gasteiger partial charge in [-0.05, 0) is 44.9 Å². The first-order valence-electron chi connectivity index (χ1n) is 5.61. The maximum absolute atomic E-state index is 14.0. The molecule has 2 fully saturated rings. The van der Waals surface area contributed by atoms with Gasteiger partial charge >= 0.3 is 0 Å². The van der Waals surface area contributed by atoms with Crippen LogP contribution in [0, 0.1) is 5.92 Å². The van der Waals surface area contributed by atoms with Crippen LogP contribution in [0.2, 0.25) is 0 Å². The van der Waals surface area contributed by atoms with Gasteiger partial charge in [0.1, 0.15) is 5.67 Å². The maximum atomic E-state index is 14.0. The molecule has 1 spiro atoms. The number of nitrogens with two attached hydrogens (primary N) is 1. The summed E-state index contributed by atoms with van der Waals surface area (Å²) in [6.45, 7) is 2.48. The van der Waals surface area contributed by atoms with Crippen LogP contribution >= 0.6 is 0 Å². The second-order valence-electron chi connectivity index (χ2n) is 5.06. The van der Waals surface area contributed by atoms with Crippen molar-refractivity contribution >= 4 is 0 Å². The van der Waals surface area contributed by atoms with Crippen molar-refractivity contribution in [1.29, 1.82) is 0 Å². The van der Waals surface area contributed by atoms with E-state index < -0.39 is 5.67 Å². The maximum Gasteiger partial charge on any atom is 0.123 e. The molecule has 1 aliphatic carbocycles. The lowest BCUT2D eigenvalue weighted by atomic mass is 9.68. The molecule has 0 aromatic heterocycles. The molecule has 1 saturated heterocycles. The third kappa shape index (κ3) is 1.68. The molecular weight excluding hydrogens is 181 g/mol. The van der Waals surface area contributed by atoms with Crippen LogP contribution in [-0.4, -0.2) is 24.4 Å². The second kappa shape index (κ2) is 3.46. The van der Waals surface area contributed by atoms with E-state index in [4.69, 9.17) is 10.5 Å². The number of rotatable bonds is 2. The van der Waals surface area contributed by atoms with Crippen molar-refractivity contribution < 1.29 is 9.13 Å². The predicted molar refractivity (Wildman–Crippen MR) is 53.8 cm³/mol. The second-order valence-corrected chi connectivity index (χ2v) is 5.06. The summed E-state index contributed by atoms with van der Waals surface area (Å²) in [4.78, 5) is 0. The summed E-state index contributed by atoms with van der Waals surface area (Å²) in [7, 11) is 0. The summed E-state index contributed by atoms with van der Waals surface area (Å²) in [6.07, 6.45) is 5.16. The SMILES string of the molecule is CC(F)(CN)C1CCOC2(CCC2)C1. The van der Waals surface area contributed by atoms with Crippen molar-refractivity contribution in [2.45, 2.75) is 50.3 Å². The monoisotopic (exact) mass is 201 g/mol. The Morgan fingerprint density at radius 3 is 2.79 bits per heavy atom. The predicted octanol–water partition coefficient (Wildman–Crippen LogP) is 2.02. The van der Waals surface area contributed by atoms with Crippen LogP contribution in [0.4, 0.5) is 4.39 Å². The highest BCUT2D eigenvalue weighted by Crippen LogP contribution is 2.47. The highest BCUT2D eigenvalue weighted by molar-refractivity contribution is 4.98. The smallest absolute Gasteiger partial charge is 0.123 e. The molecule has 1 heterocycles. The van der Waals surface area contributed by atoms with Gasteiger partial charge in [0.15, 0.2) is 0 Å². The first-order valence-corrected chi connectivity index (χ1v) is 5.61. The first-order chi connectivity index (χ1) is 6.58. The minimum absolute atomic E-state index is 0.0332. The molecule has 14 heavy (non-hydrogen) atoms. The molecule has 1 saturated carbocycles. The third-order valence-corrected chi connectivity index (χ3v) is 4.01. The zero-order valence-corrected chi connectivity index (χ0v) is 8.89. The fourth-order valence-electron chi connectivity index (χ4n) is 2.63. The molecule has 2 rings (SSSR count). The minimum Gasteiger partial charge on any atom is -0.375 e. The Bertz CT molecular complexity index is 213. The van der Waals surface area contributed by atoms with E-state index in [1.807, 2.05) is 0 Å². The quantitative estimate of drug-likeness (QED) is 0.742. The van der Waals surface area contributed by atoms with E-state index in [1.54, 1.807) is 6.92 Å². The first kappa shape index (κ1) is 10.4. The molecular formula is C11H20FNO. The van der Waals surface area contributed by atoms with E-state index in [9.17, 15) is 4.39 Å². The van der Waals surface area contributed by atoms with Crippen LogP contribution < -0.4 is 5.73 Å². The highest BCUT2D eigenvalue weighted by atomic mass is 19.1. The minimum atomic E-state index is -1.20. The van der Waals surface area contributed by atoms with Crippen molar-refractivity contribution in [3.63, 3.8) is 0 Å². The molecule has 2 unspecified atom stereocenters. The zero-order chi connectivity index (χ0) is 10.2. The van der Waals surface area contributed by atoms with Gasteiger partial charge < -0.3 is 10.5 Å². The number of hydrogen-bond donors (Lipinski definition) is 1. The van der Waals surface area contributed by atoms with E-state index in [0.717, 1.165) is 25.7 Å². The average molecular weight is 201 g/mol. The Morgan fingerprint density at radius 2 is 2.29 bits per heavy atom. The number of ether oxygens (including phenoxy) is 1. The van der Waals surface area contributed by atoms with Crippen LogP contribution in [0.25, 0.3) is 0 Å². The van der Waals surface area contributed by atoms with Gasteiger partial charge in [0.2, 0.25) is 0 Å². The molecule has 0 radical (unpaired) electrons. The summed E-state index contributed by atoms with van der Waals surface area (Å²) in [5.74, 6) is 0.0987. The van der Waals surface area contributed by atoms with Crippen LogP contribution in [-0.2, 0) is 4.74 Å². The van der Waals surface area contributed by atoms with Crippen molar-refractivity contribution in [2.75, 3.05) is 13.2 Å². The number of hydrogen-bond acceptors (Lipinski definition) is 2. The highest BCUT2D eigenvalue weighted by Gasteiger charge is 2.47. The molecule has 1 aliphatic heterocycles. The molecule has 0 amide bonds. The van der Waals surface area contributed by atoms with Gasteiger partial charge in [0.05, 0.1) is 5.60 Å². The standard InChI is InChI=1S/C11H20FNO/c1-10(12,8-13)9-3-6-14-11(7-9)4-2-5-11/h9H,2-8,13H2,1H3. The summed E-state index contributed by atoms with van der Waals surface area (Å²) in [5, 5.41) is 0. The average Bonchev–Trinajstić information content (AvgIpc) is 2.16. The van der Waals surface area contributed by atoms with Crippen molar-refractivity contribution in [1.82, 2.24) is 0 Å². The lowest BCUT2D eigenvalue weighted by molar-refractivity contribution is -0.160. The van der Waals surface area contributed by atoms with Gasteiger partial charge in [0.25, 0.3) is 0 Å². The van der Waals surface area contributed by atoms with Gasteiger partial charge in [-0.15, -0.1) is 0 Å². The fraction of sp³-hybridized carbons (Fsp3) is 1.00. The van der Waals surface area contributed by atoms with Crippen molar-refractivity contribution in [3.8, 4) is 0 Å². The van der Waals surface area contributed by atoms with Gasteiger partial charge in [-0.3, -0.25) is 0 Å². The van der Waals surface area contributed by atoms with Crippen molar-refractivity contribution in [3.05, 3.63) is 0 Å². The van der Waals surface area contributed by atoms with Gasteiger partial charge in [-0.2, -0.15) is 0 Å². The molecule has 2 aliphatic rings. The third-order valence-electron chi connectivity index (χ3n) is 4.01. The van der Waals surface area contributed by atoms with Crippen LogP contribution in [0.1, 0.15) is 39.0 Å². The summed E-state index contributed by atoms with van der Waals surface area (Å²) < 4.78 is 19.8. The Balaban J connectivity index is 2.00. The Labute approximate surface area is 85.0 Å². The summed E-state index contributed by atoms with van der Waals surface area (Å²) >= 11 is 0. The van der Waals surface area contributed by atoms with Crippen LogP contribution in [0.3, 0.4) is 0 Å². The van der Waals surface area contributed by atoms with E-state index in [0.29, 0.717) is 6.61 Å².